The Bertz CT molecular complexity index is 478. The number of carboxylic acid groups (broad SMARTS) is 1. The number of nitrogens with zero attached hydrogens (tertiary/aromatic N) is 2. The van der Waals surface area contributed by atoms with Crippen molar-refractivity contribution in [2.24, 2.45) is 5.73 Å². The van der Waals surface area contributed by atoms with Crippen LogP contribution in [0.25, 0.3) is 5.13 Å². The number of hydrogen-bond donors (Lipinski definition) is 2. The van der Waals surface area contributed by atoms with Crippen molar-refractivity contribution in [2.75, 3.05) is 0 Å². The normalized spacial score (nSPS) is 12.6. The lowest BCUT2D eigenvalue weighted by Gasteiger charge is -2.08. The topological polar surface area (TPSA) is 81.1 Å². The number of hydrogen-bond acceptors (Lipinski definition) is 4. The molecule has 0 aliphatic rings. The molecule has 0 aromatic carbocycles. The van der Waals surface area contributed by atoms with E-state index in [0.29, 0.717) is 6.42 Å². The Morgan fingerprint density at radius 3 is 3.12 bits per heavy atom. The van der Waals surface area contributed by atoms with E-state index in [9.17, 15) is 4.79 Å². The zero-order valence-electron chi connectivity index (χ0n) is 8.41. The summed E-state index contributed by atoms with van der Waals surface area (Å²) in [7, 11) is 0. The van der Waals surface area contributed by atoms with Crippen molar-refractivity contribution >= 4 is 17.3 Å². The minimum absolute atomic E-state index is 0.294. The van der Waals surface area contributed by atoms with E-state index < -0.39 is 12.0 Å². The molecule has 2 rings (SSSR count). The van der Waals surface area contributed by atoms with E-state index in [0.717, 1.165) is 10.8 Å². The van der Waals surface area contributed by atoms with Gasteiger partial charge in [0.1, 0.15) is 6.04 Å². The van der Waals surface area contributed by atoms with Gasteiger partial charge in [0.15, 0.2) is 5.13 Å². The van der Waals surface area contributed by atoms with Crippen molar-refractivity contribution in [3.8, 4) is 5.13 Å². The summed E-state index contributed by atoms with van der Waals surface area (Å²) in [6, 6.07) is 2.82. The summed E-state index contributed by atoms with van der Waals surface area (Å²) in [6.07, 6.45) is 3.85. The summed E-state index contributed by atoms with van der Waals surface area (Å²) in [5.74, 6) is -0.994. The fourth-order valence-corrected chi connectivity index (χ4v) is 2.07. The van der Waals surface area contributed by atoms with Gasteiger partial charge in [-0.1, -0.05) is 0 Å². The molecule has 1 unspecified atom stereocenters. The van der Waals surface area contributed by atoms with Crippen LogP contribution in [0.5, 0.6) is 0 Å². The molecule has 3 N–H and O–H groups in total. The smallest absolute Gasteiger partial charge is 0.320 e. The second kappa shape index (κ2) is 4.46. The number of rotatable bonds is 4. The predicted octanol–water partition coefficient (Wildman–Crippen LogP) is 0.888. The first-order valence-corrected chi connectivity index (χ1v) is 5.61. The Morgan fingerprint density at radius 1 is 1.69 bits per heavy atom. The number of carbonyl (C=O) groups is 1. The predicted molar refractivity (Wildman–Crippen MR) is 60.8 cm³/mol. The monoisotopic (exact) mass is 237 g/mol. The third-order valence-corrected chi connectivity index (χ3v) is 2.98. The first-order valence-electron chi connectivity index (χ1n) is 4.73. The highest BCUT2D eigenvalue weighted by molar-refractivity contribution is 7.12. The Hall–Kier alpha value is -1.66. The van der Waals surface area contributed by atoms with E-state index in [-0.39, 0.29) is 0 Å². The summed E-state index contributed by atoms with van der Waals surface area (Å²) in [5.41, 5.74) is 6.35. The standard InChI is InChI=1S/C10H11N3O2S/c11-8(9(14)15)6-7-2-1-4-13(7)10-12-3-5-16-10/h1-5,8H,6,11H2,(H,14,15). The molecule has 0 radical (unpaired) electrons. The fraction of sp³-hybridized carbons (Fsp3) is 0.200. The highest BCUT2D eigenvalue weighted by Gasteiger charge is 2.15. The van der Waals surface area contributed by atoms with Crippen molar-refractivity contribution in [1.29, 1.82) is 0 Å². The molecule has 0 saturated heterocycles. The molecule has 0 aliphatic carbocycles. The lowest BCUT2D eigenvalue weighted by molar-refractivity contribution is -0.138. The summed E-state index contributed by atoms with van der Waals surface area (Å²) >= 11 is 1.49. The summed E-state index contributed by atoms with van der Waals surface area (Å²) < 4.78 is 1.85. The lowest BCUT2D eigenvalue weighted by Crippen LogP contribution is -2.32. The first-order chi connectivity index (χ1) is 7.68. The molecule has 16 heavy (non-hydrogen) atoms. The number of thiazole rings is 1. The quantitative estimate of drug-likeness (QED) is 0.827. The van der Waals surface area contributed by atoms with Crippen LogP contribution in [0.4, 0.5) is 0 Å². The number of aliphatic carboxylic acids is 1. The third-order valence-electron chi connectivity index (χ3n) is 2.20. The highest BCUT2D eigenvalue weighted by Crippen LogP contribution is 2.16. The Kier molecular flexibility index (Phi) is 3.02. The Morgan fingerprint density at radius 2 is 2.50 bits per heavy atom. The molecule has 6 heteroatoms. The first kappa shape index (κ1) is 10.8. The van der Waals surface area contributed by atoms with Crippen LogP contribution in [-0.2, 0) is 11.2 Å². The second-order valence-corrected chi connectivity index (χ2v) is 4.21. The van der Waals surface area contributed by atoms with Crippen LogP contribution in [-0.4, -0.2) is 26.7 Å². The van der Waals surface area contributed by atoms with Crippen LogP contribution >= 0.6 is 11.3 Å². The van der Waals surface area contributed by atoms with E-state index in [2.05, 4.69) is 4.98 Å². The van der Waals surface area contributed by atoms with E-state index in [1.165, 1.54) is 11.3 Å². The molecule has 0 bridgehead atoms. The largest absolute Gasteiger partial charge is 0.480 e. The highest BCUT2D eigenvalue weighted by atomic mass is 32.1. The maximum atomic E-state index is 10.7. The van der Waals surface area contributed by atoms with E-state index in [1.54, 1.807) is 6.20 Å². The molecule has 0 fully saturated rings. The molecule has 2 aromatic rings. The summed E-state index contributed by atoms with van der Waals surface area (Å²) in [4.78, 5) is 14.8. The van der Waals surface area contributed by atoms with Gasteiger partial charge in [-0.2, -0.15) is 0 Å². The number of aromatic nitrogens is 2. The van der Waals surface area contributed by atoms with Gasteiger partial charge in [-0.3, -0.25) is 9.36 Å². The van der Waals surface area contributed by atoms with Crippen LogP contribution in [0.15, 0.2) is 29.9 Å². The van der Waals surface area contributed by atoms with Crippen LogP contribution in [0.1, 0.15) is 5.69 Å². The van der Waals surface area contributed by atoms with Crippen LogP contribution < -0.4 is 5.73 Å². The van der Waals surface area contributed by atoms with Gasteiger partial charge in [-0.15, -0.1) is 11.3 Å². The van der Waals surface area contributed by atoms with Crippen LogP contribution in [0.3, 0.4) is 0 Å². The molecule has 84 valence electrons. The molecule has 5 nitrogen and oxygen atoms in total. The maximum absolute atomic E-state index is 10.7. The average Bonchev–Trinajstić information content (AvgIpc) is 2.85. The van der Waals surface area contributed by atoms with Gasteiger partial charge in [-0.25, -0.2) is 4.98 Å². The molecule has 0 aliphatic heterocycles. The molecule has 0 spiro atoms. The molecule has 0 amide bonds. The van der Waals surface area contributed by atoms with Crippen LogP contribution in [0, 0.1) is 0 Å². The number of nitrogens with two attached hydrogens (primary N) is 1. The molecular formula is C10H11N3O2S. The molecule has 0 saturated carbocycles. The zero-order valence-corrected chi connectivity index (χ0v) is 9.22. The zero-order chi connectivity index (χ0) is 11.5. The summed E-state index contributed by atoms with van der Waals surface area (Å²) in [5, 5.41) is 11.4. The van der Waals surface area contributed by atoms with E-state index >= 15 is 0 Å². The molecular weight excluding hydrogens is 226 g/mol. The van der Waals surface area contributed by atoms with Gasteiger partial charge < -0.3 is 10.8 Å². The van der Waals surface area contributed by atoms with Gasteiger partial charge in [-0.05, 0) is 12.1 Å². The van der Waals surface area contributed by atoms with Crippen molar-refractivity contribution in [1.82, 2.24) is 9.55 Å². The van der Waals surface area contributed by atoms with E-state index in [4.69, 9.17) is 10.8 Å². The molecule has 1 atom stereocenters. The summed E-state index contributed by atoms with van der Waals surface area (Å²) in [6.45, 7) is 0. The minimum atomic E-state index is -0.994. The molecule has 2 aromatic heterocycles. The van der Waals surface area contributed by atoms with Gasteiger partial charge in [0.25, 0.3) is 0 Å². The molecule has 2 heterocycles. The van der Waals surface area contributed by atoms with Gasteiger partial charge >= 0.3 is 5.97 Å². The second-order valence-electron chi connectivity index (χ2n) is 3.33. The van der Waals surface area contributed by atoms with Crippen molar-refractivity contribution < 1.29 is 9.90 Å². The lowest BCUT2D eigenvalue weighted by atomic mass is 10.2. The maximum Gasteiger partial charge on any atom is 0.320 e. The van der Waals surface area contributed by atoms with Gasteiger partial charge in [0, 0.05) is 29.9 Å². The number of carboxylic acids is 1. The van der Waals surface area contributed by atoms with Gasteiger partial charge in [0.2, 0.25) is 0 Å². The minimum Gasteiger partial charge on any atom is -0.480 e. The van der Waals surface area contributed by atoms with Crippen molar-refractivity contribution in [3.63, 3.8) is 0 Å². The van der Waals surface area contributed by atoms with Crippen LogP contribution in [0.2, 0.25) is 0 Å². The van der Waals surface area contributed by atoms with Crippen molar-refractivity contribution in [3.05, 3.63) is 35.6 Å². The Labute approximate surface area is 96.2 Å². The third kappa shape index (κ3) is 2.12. The van der Waals surface area contributed by atoms with Gasteiger partial charge in [0.05, 0.1) is 0 Å². The fourth-order valence-electron chi connectivity index (χ4n) is 1.42. The van der Waals surface area contributed by atoms with Crippen molar-refractivity contribution in [2.45, 2.75) is 12.5 Å². The van der Waals surface area contributed by atoms with E-state index in [1.807, 2.05) is 28.3 Å². The SMILES string of the molecule is NC(Cc1cccn1-c1nccs1)C(=O)O. The Balaban J connectivity index is 2.23. The average molecular weight is 237 g/mol.